The van der Waals surface area contributed by atoms with E-state index in [2.05, 4.69) is 87.7 Å². The van der Waals surface area contributed by atoms with Crippen molar-refractivity contribution in [3.05, 3.63) is 13.2 Å². The average Bonchev–Trinajstić information content (AvgIpc) is 2.05. The van der Waals surface area contributed by atoms with Gasteiger partial charge in [-0.3, -0.25) is 0 Å². The third kappa shape index (κ3) is 152. The Kier molecular flexibility index (Phi) is 63.7. The van der Waals surface area contributed by atoms with E-state index >= 15 is 0 Å². The molecule has 0 atom stereocenters. The van der Waals surface area contributed by atoms with Gasteiger partial charge in [0, 0.05) is 53.1 Å². The number of nitrogens with zero attached hydrogens (tertiary/aromatic N) is 1. The predicted octanol–water partition coefficient (Wildman–Crippen LogP) is 1.88. The fourth-order valence-corrected chi connectivity index (χ4v) is 0. The molecule has 18 heavy (non-hydrogen) atoms. The number of hydrogen-bond acceptors (Lipinski definition) is 3. The van der Waals surface area contributed by atoms with E-state index in [4.69, 9.17) is 11.5 Å². The molecule has 0 radical (unpaired) electrons. The van der Waals surface area contributed by atoms with Crippen LogP contribution in [0.25, 0.3) is 0 Å². The van der Waals surface area contributed by atoms with Crippen molar-refractivity contribution in [3.63, 3.8) is 0 Å². The summed E-state index contributed by atoms with van der Waals surface area (Å²) in [5.74, 6) is 0. The Labute approximate surface area is 168 Å². The molecular weight excluding hydrogens is 449 g/mol. The summed E-state index contributed by atoms with van der Waals surface area (Å²) < 4.78 is 1.01. The minimum atomic E-state index is 0. The summed E-state index contributed by atoms with van der Waals surface area (Å²) in [5, 5.41) is 0. The van der Waals surface area contributed by atoms with Crippen molar-refractivity contribution in [1.82, 2.24) is 4.90 Å². The van der Waals surface area contributed by atoms with E-state index in [9.17, 15) is 0 Å². The molecule has 0 heterocycles. The molecule has 0 aliphatic carbocycles. The second-order valence-corrected chi connectivity index (χ2v) is 5.41. The molecule has 0 bridgehead atoms. The summed E-state index contributed by atoms with van der Waals surface area (Å²) in [6, 6.07) is 0. The van der Waals surface area contributed by atoms with Crippen LogP contribution in [0, 0.1) is 0 Å². The summed E-state index contributed by atoms with van der Waals surface area (Å²) in [6.07, 6.45) is 0. The van der Waals surface area contributed by atoms with Crippen LogP contribution in [0.4, 0.5) is 0 Å². The van der Waals surface area contributed by atoms with Gasteiger partial charge in [0.05, 0.1) is 0 Å². The van der Waals surface area contributed by atoms with Crippen molar-refractivity contribution in [2.75, 3.05) is 14.1 Å². The molecule has 0 aromatic heterocycles. The molecule has 0 saturated heterocycles. The maximum atomic E-state index is 4.71. The van der Waals surface area contributed by atoms with Gasteiger partial charge in [-0.15, -0.1) is 51.0 Å². The quantitative estimate of drug-likeness (QED) is 0.163. The third-order valence-corrected chi connectivity index (χ3v) is 1.15. The van der Waals surface area contributed by atoms with Crippen molar-refractivity contribution in [2.45, 2.75) is 0 Å². The van der Waals surface area contributed by atoms with Gasteiger partial charge >= 0.3 is 0 Å². The number of thiol groups is 3. The van der Waals surface area contributed by atoms with Gasteiger partial charge in [0.2, 0.25) is 0 Å². The van der Waals surface area contributed by atoms with E-state index in [1.807, 2.05) is 14.1 Å². The first-order valence-electron chi connectivity index (χ1n) is 3.48. The normalized spacial score (nSPS) is 5.61. The maximum absolute atomic E-state index is 4.71. The first-order valence-corrected chi connectivity index (χ1v) is 6.04. The van der Waals surface area contributed by atoms with E-state index in [1.54, 1.807) is 4.90 Å². The Morgan fingerprint density at radius 1 is 0.889 bits per heavy atom. The molecule has 0 rings (SSSR count). The minimum absolute atomic E-state index is 0. The smallest absolute Gasteiger partial charge is 0.132 e. The van der Waals surface area contributed by atoms with Crippen LogP contribution < -0.4 is 11.5 Å². The molecule has 0 spiro atoms. The SMILES string of the molecule is C=C.CN(C)C(=S)S.NC(=S)S.NC(=S)S.[Zn].[Zn]. The maximum Gasteiger partial charge on any atom is 0.132 e. The van der Waals surface area contributed by atoms with E-state index in [0.717, 1.165) is 0 Å². The summed E-state index contributed by atoms with van der Waals surface area (Å²) in [4.78, 5) is 1.76. The monoisotopic (exact) mass is 463 g/mol. The van der Waals surface area contributed by atoms with Gasteiger partial charge in [0.15, 0.2) is 0 Å². The standard InChI is InChI=1S/C3H7NS2.C2H4.2CH3NS2.2Zn/c1-4(2)3(5)6;1-2;2*2-1(3)4;;/h1-2H3,(H,5,6);1-2H2;2*(H3,2,3,4);;. The van der Waals surface area contributed by atoms with Crippen molar-refractivity contribution < 1.29 is 39.0 Å². The second kappa shape index (κ2) is 31.2. The molecule has 0 aromatic carbocycles. The van der Waals surface area contributed by atoms with Gasteiger partial charge in [0.1, 0.15) is 13.0 Å². The molecule has 100 valence electrons. The molecule has 0 fully saturated rings. The fraction of sp³-hybridized carbons (Fsp3) is 0.286. The molecule has 0 unspecified atom stereocenters. The summed E-state index contributed by atoms with van der Waals surface area (Å²) in [7, 11) is 3.71. The molecule has 0 aliphatic rings. The molecule has 11 heteroatoms. The molecule has 4 N–H and O–H groups in total. The van der Waals surface area contributed by atoms with Crippen LogP contribution in [-0.2, 0) is 39.0 Å². The van der Waals surface area contributed by atoms with Crippen molar-refractivity contribution in [2.24, 2.45) is 11.5 Å². The topological polar surface area (TPSA) is 55.3 Å². The number of hydrogen-bond donors (Lipinski definition) is 5. The van der Waals surface area contributed by atoms with E-state index in [1.165, 1.54) is 0 Å². The number of nitrogens with two attached hydrogens (primary N) is 2. The van der Waals surface area contributed by atoms with E-state index < -0.39 is 0 Å². The molecule has 0 amide bonds. The predicted molar refractivity (Wildman–Crippen MR) is 98.1 cm³/mol. The van der Waals surface area contributed by atoms with Crippen LogP contribution in [0.15, 0.2) is 13.2 Å². The second-order valence-electron chi connectivity index (χ2n) is 1.85. The summed E-state index contributed by atoms with van der Waals surface area (Å²) in [6.45, 7) is 6.00. The fourth-order valence-electron chi connectivity index (χ4n) is 0. The molecule has 0 aromatic rings. The zero-order valence-corrected chi connectivity index (χ0v) is 21.6. The van der Waals surface area contributed by atoms with Crippen molar-refractivity contribution >= 4 is 87.5 Å². The zero-order valence-electron chi connectivity index (χ0n) is 10.5. The van der Waals surface area contributed by atoms with Crippen LogP contribution >= 0.6 is 74.5 Å². The molecule has 0 saturated carbocycles. The van der Waals surface area contributed by atoms with Crippen LogP contribution in [-0.4, -0.2) is 32.0 Å². The average molecular weight is 466 g/mol. The summed E-state index contributed by atoms with van der Waals surface area (Å²) >= 11 is 23.8. The Morgan fingerprint density at radius 3 is 0.944 bits per heavy atom. The van der Waals surface area contributed by atoms with Gasteiger partial charge < -0.3 is 16.4 Å². The first-order chi connectivity index (χ1) is 7.11. The van der Waals surface area contributed by atoms with Gasteiger partial charge in [-0.2, -0.15) is 0 Å². The van der Waals surface area contributed by atoms with E-state index in [-0.39, 0.29) is 47.6 Å². The zero-order chi connectivity index (χ0) is 14.3. The Bertz CT molecular complexity index is 195. The van der Waals surface area contributed by atoms with Gasteiger partial charge in [-0.05, 0) is 0 Å². The first kappa shape index (κ1) is 36.7. The number of rotatable bonds is 0. The van der Waals surface area contributed by atoms with E-state index in [0.29, 0.717) is 4.32 Å². The van der Waals surface area contributed by atoms with Crippen molar-refractivity contribution in [1.29, 1.82) is 0 Å². The number of thiocarbonyl (C=S) groups is 3. The van der Waals surface area contributed by atoms with Gasteiger partial charge in [-0.1, -0.05) is 36.7 Å². The summed E-state index contributed by atoms with van der Waals surface area (Å²) in [5.41, 5.74) is 9.41. The molecule has 0 aliphatic heterocycles. The largest absolute Gasteiger partial charge is 0.385 e. The Morgan fingerprint density at radius 2 is 0.944 bits per heavy atom. The van der Waals surface area contributed by atoms with Crippen LogP contribution in [0.5, 0.6) is 0 Å². The Hall–Kier alpha value is 1.71. The van der Waals surface area contributed by atoms with Crippen LogP contribution in [0.3, 0.4) is 0 Å². The van der Waals surface area contributed by atoms with Gasteiger partial charge in [-0.25, -0.2) is 0 Å². The molecular formula is C7H17N3S6Zn2. The van der Waals surface area contributed by atoms with Crippen molar-refractivity contribution in [3.8, 4) is 0 Å². The third-order valence-electron chi connectivity index (χ3n) is 0.383. The minimum Gasteiger partial charge on any atom is -0.385 e. The molecule has 3 nitrogen and oxygen atoms in total. The van der Waals surface area contributed by atoms with Gasteiger partial charge in [0.25, 0.3) is 0 Å². The van der Waals surface area contributed by atoms with Crippen LogP contribution in [0.2, 0.25) is 0 Å². The Balaban J connectivity index is -0.0000000272. The van der Waals surface area contributed by atoms with Crippen LogP contribution in [0.1, 0.15) is 0 Å².